The van der Waals surface area contributed by atoms with Crippen molar-refractivity contribution in [3.8, 4) is 0 Å². The summed E-state index contributed by atoms with van der Waals surface area (Å²) in [7, 11) is 1.39. The first kappa shape index (κ1) is 17.8. The summed E-state index contributed by atoms with van der Waals surface area (Å²) < 4.78 is 19.8. The number of aromatic nitrogens is 2. The fourth-order valence-electron chi connectivity index (χ4n) is 2.60. The molecule has 2 heterocycles. The summed E-state index contributed by atoms with van der Waals surface area (Å²) in [5.74, 6) is -1.42. The van der Waals surface area contributed by atoms with Gasteiger partial charge < -0.3 is 4.74 Å². The summed E-state index contributed by atoms with van der Waals surface area (Å²) in [5.41, 5.74) is -0.315. The van der Waals surface area contributed by atoms with Crippen LogP contribution in [0.25, 0.3) is 21.9 Å². The molecule has 9 heteroatoms. The van der Waals surface area contributed by atoms with Gasteiger partial charge in [0.15, 0.2) is 16.8 Å². The number of hydrogen-bond acceptors (Lipinski definition) is 5. The number of halogens is 2. The molecule has 0 unspecified atom stereocenters. The third-order valence-electron chi connectivity index (χ3n) is 3.75. The summed E-state index contributed by atoms with van der Waals surface area (Å²) in [4.78, 5) is 40.3. The molecule has 3 rings (SSSR count). The van der Waals surface area contributed by atoms with Gasteiger partial charge in [-0.15, -0.1) is 0 Å². The van der Waals surface area contributed by atoms with Crippen molar-refractivity contribution in [2.75, 3.05) is 18.7 Å². The minimum atomic E-state index is -0.778. The van der Waals surface area contributed by atoms with E-state index in [-0.39, 0.29) is 28.4 Å². The number of ether oxygens (including phenoxy) is 1. The molecule has 134 valence electrons. The van der Waals surface area contributed by atoms with Crippen molar-refractivity contribution in [1.82, 2.24) is 9.66 Å². The molecule has 0 saturated heterocycles. The number of hydrogen-bond donors (Lipinski definition) is 0. The second-order valence-electron chi connectivity index (χ2n) is 5.42. The molecule has 0 N–H and O–H groups in total. The molecule has 0 bridgehead atoms. The van der Waals surface area contributed by atoms with Crippen LogP contribution >= 0.6 is 11.6 Å². The Morgan fingerprint density at radius 1 is 1.38 bits per heavy atom. The number of amides is 1. The van der Waals surface area contributed by atoms with E-state index in [9.17, 15) is 18.8 Å². The smallest absolute Gasteiger partial charge is 0.357 e. The Bertz CT molecular complexity index is 1110. The molecule has 0 aliphatic heterocycles. The molecule has 0 aliphatic rings. The van der Waals surface area contributed by atoms with Gasteiger partial charge in [-0.2, -0.15) is 0 Å². The number of esters is 1. The molecule has 0 aliphatic carbocycles. The predicted octanol–water partition coefficient (Wildman–Crippen LogP) is 2.24. The fraction of sp³-hybridized carbons (Fsp3) is 0.176. The summed E-state index contributed by atoms with van der Waals surface area (Å²) >= 11 is 5.80. The van der Waals surface area contributed by atoms with Crippen molar-refractivity contribution in [3.63, 3.8) is 0 Å². The highest BCUT2D eigenvalue weighted by Gasteiger charge is 2.20. The summed E-state index contributed by atoms with van der Waals surface area (Å²) in [6.45, 7) is 1.71. The molecule has 3 aromatic rings. The Morgan fingerprint density at radius 3 is 2.77 bits per heavy atom. The van der Waals surface area contributed by atoms with Gasteiger partial charge in [0.25, 0.3) is 0 Å². The van der Waals surface area contributed by atoms with Crippen LogP contribution in [0.3, 0.4) is 0 Å². The zero-order chi connectivity index (χ0) is 19.0. The maximum atomic E-state index is 13.7. The van der Waals surface area contributed by atoms with Crippen LogP contribution in [0.2, 0.25) is 5.02 Å². The van der Waals surface area contributed by atoms with Gasteiger partial charge in [0, 0.05) is 18.5 Å². The van der Waals surface area contributed by atoms with Crippen molar-refractivity contribution in [2.24, 2.45) is 0 Å². The molecule has 1 amide bonds. The molecular weight excluding hydrogens is 365 g/mol. The van der Waals surface area contributed by atoms with Gasteiger partial charge in [-0.1, -0.05) is 11.6 Å². The Hall–Kier alpha value is -3.00. The van der Waals surface area contributed by atoms with Crippen LogP contribution in [-0.4, -0.2) is 35.7 Å². The van der Waals surface area contributed by atoms with E-state index in [4.69, 9.17) is 16.3 Å². The zero-order valence-electron chi connectivity index (χ0n) is 13.8. The Balaban J connectivity index is 2.46. The van der Waals surface area contributed by atoms with E-state index in [1.54, 1.807) is 6.92 Å². The average molecular weight is 378 g/mol. The summed E-state index contributed by atoms with van der Waals surface area (Å²) in [6, 6.07) is 4.96. The summed E-state index contributed by atoms with van der Waals surface area (Å²) in [5, 5.41) is 1.39. The minimum absolute atomic E-state index is 0.0466. The van der Waals surface area contributed by atoms with Crippen molar-refractivity contribution in [2.45, 2.75) is 6.92 Å². The van der Waals surface area contributed by atoms with E-state index >= 15 is 0 Å². The molecule has 0 fully saturated rings. The summed E-state index contributed by atoms with van der Waals surface area (Å²) in [6.07, 6.45) is 0.455. The van der Waals surface area contributed by atoms with E-state index in [1.165, 1.54) is 23.9 Å². The standard InChI is InChI=1S/C17H13ClFN3O4/c1-3-26-17(25)14-7-15(24)10-4-9-5-12(19)11(18)6-13(9)20-16(10)22(14)21(2)8-23/h4-8H,3H2,1-2H3. The maximum absolute atomic E-state index is 13.7. The Morgan fingerprint density at radius 2 is 2.12 bits per heavy atom. The lowest BCUT2D eigenvalue weighted by atomic mass is 10.1. The predicted molar refractivity (Wildman–Crippen MR) is 94.6 cm³/mol. The Labute approximate surface area is 151 Å². The molecule has 7 nitrogen and oxygen atoms in total. The highest BCUT2D eigenvalue weighted by Crippen LogP contribution is 2.24. The van der Waals surface area contributed by atoms with Crippen molar-refractivity contribution < 1.29 is 18.7 Å². The maximum Gasteiger partial charge on any atom is 0.357 e. The van der Waals surface area contributed by atoms with Crippen LogP contribution in [0.15, 0.2) is 29.1 Å². The van der Waals surface area contributed by atoms with Crippen LogP contribution in [-0.2, 0) is 9.53 Å². The van der Waals surface area contributed by atoms with Crippen molar-refractivity contribution >= 4 is 45.9 Å². The molecular formula is C17H13ClFN3O4. The normalized spacial score (nSPS) is 10.9. The quantitative estimate of drug-likeness (QED) is 0.395. The van der Waals surface area contributed by atoms with Crippen LogP contribution < -0.4 is 10.4 Å². The van der Waals surface area contributed by atoms with Crippen molar-refractivity contribution in [3.05, 3.63) is 51.0 Å². The highest BCUT2D eigenvalue weighted by molar-refractivity contribution is 6.31. The van der Waals surface area contributed by atoms with Gasteiger partial charge >= 0.3 is 5.97 Å². The van der Waals surface area contributed by atoms with Crippen LogP contribution in [0.1, 0.15) is 17.4 Å². The number of rotatable bonds is 4. The fourth-order valence-corrected chi connectivity index (χ4v) is 2.75. The second-order valence-corrected chi connectivity index (χ2v) is 5.83. The van der Waals surface area contributed by atoms with Crippen LogP contribution in [0, 0.1) is 5.82 Å². The number of carbonyl (C=O) groups excluding carboxylic acids is 2. The average Bonchev–Trinajstić information content (AvgIpc) is 2.61. The van der Waals surface area contributed by atoms with Crippen molar-refractivity contribution in [1.29, 1.82) is 0 Å². The molecule has 0 saturated carbocycles. The van der Waals surface area contributed by atoms with Gasteiger partial charge in [0.2, 0.25) is 6.41 Å². The lowest BCUT2D eigenvalue weighted by Crippen LogP contribution is -2.35. The van der Waals surface area contributed by atoms with Gasteiger partial charge in [-0.25, -0.2) is 18.8 Å². The highest BCUT2D eigenvalue weighted by atomic mass is 35.5. The molecule has 26 heavy (non-hydrogen) atoms. The molecule has 0 spiro atoms. The second kappa shape index (κ2) is 6.72. The third kappa shape index (κ3) is 2.88. The van der Waals surface area contributed by atoms with E-state index in [2.05, 4.69) is 4.98 Å². The van der Waals surface area contributed by atoms with Gasteiger partial charge in [0.05, 0.1) is 22.5 Å². The molecule has 1 aromatic carbocycles. The first-order chi connectivity index (χ1) is 12.4. The number of pyridine rings is 2. The first-order valence-corrected chi connectivity index (χ1v) is 7.96. The third-order valence-corrected chi connectivity index (χ3v) is 4.04. The van der Waals surface area contributed by atoms with E-state index in [1.807, 2.05) is 0 Å². The minimum Gasteiger partial charge on any atom is -0.461 e. The largest absolute Gasteiger partial charge is 0.461 e. The van der Waals surface area contributed by atoms with E-state index in [0.29, 0.717) is 17.3 Å². The topological polar surface area (TPSA) is 81.5 Å². The number of nitrogens with zero attached hydrogens (tertiary/aromatic N) is 3. The molecule has 2 aromatic heterocycles. The van der Waals surface area contributed by atoms with Gasteiger partial charge in [-0.3, -0.25) is 14.6 Å². The number of fused-ring (bicyclic) bond motifs is 2. The lowest BCUT2D eigenvalue weighted by molar-refractivity contribution is -0.108. The van der Waals surface area contributed by atoms with Gasteiger partial charge in [0.1, 0.15) is 5.82 Å². The van der Waals surface area contributed by atoms with E-state index in [0.717, 1.165) is 17.1 Å². The number of carbonyl (C=O) groups is 2. The Kier molecular flexibility index (Phi) is 4.60. The monoisotopic (exact) mass is 377 g/mol. The van der Waals surface area contributed by atoms with E-state index < -0.39 is 17.2 Å². The molecule has 0 atom stereocenters. The van der Waals surface area contributed by atoms with Gasteiger partial charge in [-0.05, 0) is 25.1 Å². The lowest BCUT2D eigenvalue weighted by Gasteiger charge is -2.21. The van der Waals surface area contributed by atoms with Crippen LogP contribution in [0.5, 0.6) is 0 Å². The molecule has 0 radical (unpaired) electrons. The van der Waals surface area contributed by atoms with Crippen LogP contribution in [0.4, 0.5) is 4.39 Å². The zero-order valence-corrected chi connectivity index (χ0v) is 14.6. The SMILES string of the molecule is CCOC(=O)c1cc(=O)c2cc3cc(F)c(Cl)cc3nc2n1N(C)C=O. The first-order valence-electron chi connectivity index (χ1n) is 7.58. The number of benzene rings is 1.